The molecule has 1 N–H and O–H groups in total. The molecule has 1 saturated carbocycles. The molecule has 0 amide bonds. The number of esters is 1. The van der Waals surface area contributed by atoms with Crippen molar-refractivity contribution in [2.75, 3.05) is 13.1 Å². The smallest absolute Gasteiger partial charge is 0.320 e. The number of ether oxygens (including phenoxy) is 1. The quantitative estimate of drug-likeness (QED) is 0.443. The zero-order chi connectivity index (χ0) is 12.0. The van der Waals surface area contributed by atoms with Gasteiger partial charge >= 0.3 is 5.97 Å². The van der Waals surface area contributed by atoms with Crippen LogP contribution in [0.4, 0.5) is 0 Å². The van der Waals surface area contributed by atoms with Gasteiger partial charge in [-0.15, -0.1) is 6.58 Å². The Hall–Kier alpha value is -0.830. The molecule has 16 heavy (non-hydrogen) atoms. The van der Waals surface area contributed by atoms with Crippen LogP contribution in [0.15, 0.2) is 12.7 Å². The summed E-state index contributed by atoms with van der Waals surface area (Å²) >= 11 is 0. The van der Waals surface area contributed by atoms with Crippen molar-refractivity contribution in [2.45, 2.75) is 45.6 Å². The SMILES string of the molecule is C=CCNCC(=O)OC1CCC(C)(C)CC1. The Morgan fingerprint density at radius 2 is 2.12 bits per heavy atom. The van der Waals surface area contributed by atoms with Gasteiger partial charge in [0.05, 0.1) is 6.54 Å². The largest absolute Gasteiger partial charge is 0.461 e. The molecule has 0 unspecified atom stereocenters. The van der Waals surface area contributed by atoms with Gasteiger partial charge in [-0.05, 0) is 31.1 Å². The maximum atomic E-state index is 11.4. The summed E-state index contributed by atoms with van der Waals surface area (Å²) in [5.41, 5.74) is 0.421. The Kier molecular flexibility index (Phi) is 5.00. The predicted octanol–water partition coefficient (Wildman–Crippen LogP) is 2.27. The van der Waals surface area contributed by atoms with Crippen molar-refractivity contribution in [1.82, 2.24) is 5.32 Å². The van der Waals surface area contributed by atoms with Gasteiger partial charge in [-0.1, -0.05) is 19.9 Å². The first-order chi connectivity index (χ1) is 7.53. The highest BCUT2D eigenvalue weighted by Crippen LogP contribution is 2.36. The van der Waals surface area contributed by atoms with Crippen molar-refractivity contribution in [3.63, 3.8) is 0 Å². The molecule has 3 heteroatoms. The summed E-state index contributed by atoms with van der Waals surface area (Å²) in [6.07, 6.45) is 6.15. The maximum absolute atomic E-state index is 11.4. The number of hydrogen-bond donors (Lipinski definition) is 1. The van der Waals surface area contributed by atoms with Crippen molar-refractivity contribution in [2.24, 2.45) is 5.41 Å². The molecule has 0 bridgehead atoms. The van der Waals surface area contributed by atoms with Gasteiger partial charge in [0.15, 0.2) is 0 Å². The second-order valence-electron chi connectivity index (χ2n) is 5.27. The van der Waals surface area contributed by atoms with Crippen LogP contribution in [0.1, 0.15) is 39.5 Å². The highest BCUT2D eigenvalue weighted by Gasteiger charge is 2.28. The van der Waals surface area contributed by atoms with Gasteiger partial charge in [0.1, 0.15) is 6.10 Å². The van der Waals surface area contributed by atoms with Crippen LogP contribution in [0.5, 0.6) is 0 Å². The van der Waals surface area contributed by atoms with E-state index >= 15 is 0 Å². The molecule has 0 heterocycles. The highest BCUT2D eigenvalue weighted by molar-refractivity contribution is 5.71. The Morgan fingerprint density at radius 3 is 2.69 bits per heavy atom. The number of nitrogens with one attached hydrogen (secondary N) is 1. The lowest BCUT2D eigenvalue weighted by Crippen LogP contribution is -2.32. The van der Waals surface area contributed by atoms with Crippen LogP contribution in [-0.4, -0.2) is 25.2 Å². The molecule has 0 saturated heterocycles. The summed E-state index contributed by atoms with van der Waals surface area (Å²) in [5, 5.41) is 2.95. The molecule has 0 aliphatic heterocycles. The fourth-order valence-electron chi connectivity index (χ4n) is 1.99. The minimum atomic E-state index is -0.147. The minimum absolute atomic E-state index is 0.131. The lowest BCUT2D eigenvalue weighted by Gasteiger charge is -2.33. The molecule has 1 aliphatic carbocycles. The highest BCUT2D eigenvalue weighted by atomic mass is 16.5. The summed E-state index contributed by atoms with van der Waals surface area (Å²) in [6, 6.07) is 0. The van der Waals surface area contributed by atoms with Gasteiger partial charge in [0.2, 0.25) is 0 Å². The lowest BCUT2D eigenvalue weighted by molar-refractivity contribution is -0.150. The third kappa shape index (κ3) is 4.79. The van der Waals surface area contributed by atoms with Crippen molar-refractivity contribution in [3.05, 3.63) is 12.7 Å². The normalized spacial score (nSPS) is 20.4. The molecule has 1 aliphatic rings. The lowest BCUT2D eigenvalue weighted by atomic mass is 9.76. The molecule has 92 valence electrons. The van der Waals surface area contributed by atoms with E-state index in [4.69, 9.17) is 4.74 Å². The molecular formula is C13H23NO2. The van der Waals surface area contributed by atoms with E-state index in [2.05, 4.69) is 25.7 Å². The fourth-order valence-corrected chi connectivity index (χ4v) is 1.99. The zero-order valence-electron chi connectivity index (χ0n) is 10.4. The molecule has 3 nitrogen and oxygen atoms in total. The van der Waals surface area contributed by atoms with E-state index in [0.29, 0.717) is 12.0 Å². The van der Waals surface area contributed by atoms with Crippen LogP contribution < -0.4 is 5.32 Å². The van der Waals surface area contributed by atoms with Crippen LogP contribution in [0, 0.1) is 5.41 Å². The number of rotatable bonds is 5. The summed E-state index contributed by atoms with van der Waals surface area (Å²) < 4.78 is 5.40. The predicted molar refractivity (Wildman–Crippen MR) is 65.2 cm³/mol. The standard InChI is InChI=1S/C13H23NO2/c1-4-9-14-10-12(15)16-11-5-7-13(2,3)8-6-11/h4,11,14H,1,5-10H2,2-3H3. The van der Waals surface area contributed by atoms with Gasteiger partial charge in [-0.3, -0.25) is 4.79 Å². The first kappa shape index (κ1) is 13.2. The van der Waals surface area contributed by atoms with Crippen molar-refractivity contribution < 1.29 is 9.53 Å². The second kappa shape index (κ2) is 6.04. The molecular weight excluding hydrogens is 202 g/mol. The summed E-state index contributed by atoms with van der Waals surface area (Å²) in [4.78, 5) is 11.4. The number of hydrogen-bond acceptors (Lipinski definition) is 3. The Bertz CT molecular complexity index is 238. The van der Waals surface area contributed by atoms with Gasteiger partial charge in [-0.25, -0.2) is 0 Å². The molecule has 0 radical (unpaired) electrons. The van der Waals surface area contributed by atoms with E-state index in [1.807, 2.05) is 0 Å². The third-order valence-corrected chi connectivity index (χ3v) is 3.14. The average Bonchev–Trinajstić information content (AvgIpc) is 2.22. The molecule has 0 aromatic heterocycles. The van der Waals surface area contributed by atoms with E-state index < -0.39 is 0 Å². The van der Waals surface area contributed by atoms with Gasteiger partial charge in [-0.2, -0.15) is 0 Å². The topological polar surface area (TPSA) is 38.3 Å². The fraction of sp³-hybridized carbons (Fsp3) is 0.769. The van der Waals surface area contributed by atoms with Crippen molar-refractivity contribution in [3.8, 4) is 0 Å². The minimum Gasteiger partial charge on any atom is -0.461 e. The van der Waals surface area contributed by atoms with E-state index in [1.54, 1.807) is 6.08 Å². The molecule has 0 atom stereocenters. The molecule has 0 spiro atoms. The zero-order valence-corrected chi connectivity index (χ0v) is 10.4. The molecule has 1 fully saturated rings. The van der Waals surface area contributed by atoms with Gasteiger partial charge in [0.25, 0.3) is 0 Å². The number of carbonyl (C=O) groups is 1. The van der Waals surface area contributed by atoms with E-state index in [1.165, 1.54) is 0 Å². The summed E-state index contributed by atoms with van der Waals surface area (Å²) in [7, 11) is 0. The Morgan fingerprint density at radius 1 is 1.50 bits per heavy atom. The van der Waals surface area contributed by atoms with Crippen LogP contribution in [0.2, 0.25) is 0 Å². The molecule has 1 rings (SSSR count). The van der Waals surface area contributed by atoms with E-state index in [9.17, 15) is 4.79 Å². The first-order valence-electron chi connectivity index (χ1n) is 6.04. The summed E-state index contributed by atoms with van der Waals surface area (Å²) in [6.45, 7) is 9.05. The number of carbonyl (C=O) groups excluding carboxylic acids is 1. The Labute approximate surface area is 98.2 Å². The van der Waals surface area contributed by atoms with E-state index in [-0.39, 0.29) is 18.6 Å². The monoisotopic (exact) mass is 225 g/mol. The van der Waals surface area contributed by atoms with Crippen LogP contribution in [0.25, 0.3) is 0 Å². The van der Waals surface area contributed by atoms with Crippen LogP contribution in [0.3, 0.4) is 0 Å². The van der Waals surface area contributed by atoms with Gasteiger partial charge in [0, 0.05) is 6.54 Å². The molecule has 0 aromatic rings. The third-order valence-electron chi connectivity index (χ3n) is 3.14. The summed E-state index contributed by atoms with van der Waals surface area (Å²) in [5.74, 6) is -0.147. The maximum Gasteiger partial charge on any atom is 0.320 e. The van der Waals surface area contributed by atoms with E-state index in [0.717, 1.165) is 25.7 Å². The van der Waals surface area contributed by atoms with Crippen molar-refractivity contribution in [1.29, 1.82) is 0 Å². The van der Waals surface area contributed by atoms with Gasteiger partial charge < -0.3 is 10.1 Å². The van der Waals surface area contributed by atoms with Crippen molar-refractivity contribution >= 4 is 5.97 Å². The average molecular weight is 225 g/mol. The first-order valence-corrected chi connectivity index (χ1v) is 6.04. The van der Waals surface area contributed by atoms with Crippen LogP contribution >= 0.6 is 0 Å². The van der Waals surface area contributed by atoms with Crippen LogP contribution in [-0.2, 0) is 9.53 Å². The second-order valence-corrected chi connectivity index (χ2v) is 5.27. The Balaban J connectivity index is 2.18. The molecule has 0 aromatic carbocycles.